The molecule has 0 unspecified atom stereocenters. The number of halogens is 1. The van der Waals surface area contributed by atoms with Crippen LogP contribution in [0.3, 0.4) is 0 Å². The van der Waals surface area contributed by atoms with Crippen LogP contribution in [0, 0.1) is 12.8 Å². The number of carbonyl (C=O) groups excluding carboxylic acids is 1. The van der Waals surface area contributed by atoms with Crippen LogP contribution in [0.4, 0.5) is 0 Å². The van der Waals surface area contributed by atoms with Crippen LogP contribution in [0.2, 0.25) is 0 Å². The fourth-order valence-electron chi connectivity index (χ4n) is 3.18. The molecule has 1 N–H and O–H groups in total. The van der Waals surface area contributed by atoms with Crippen LogP contribution in [0.1, 0.15) is 44.7 Å². The Morgan fingerprint density at radius 1 is 1.22 bits per heavy atom. The van der Waals surface area contributed by atoms with Crippen molar-refractivity contribution in [2.24, 2.45) is 5.92 Å². The molecule has 3 nitrogen and oxygen atoms in total. The zero-order valence-electron chi connectivity index (χ0n) is 14.9. The Kier molecular flexibility index (Phi) is 7.56. The van der Waals surface area contributed by atoms with E-state index in [0.717, 1.165) is 44.6 Å². The highest BCUT2D eigenvalue weighted by molar-refractivity contribution is 5.87. The first-order chi connectivity index (χ1) is 10.4. The molecule has 4 heteroatoms. The number of rotatable bonds is 5. The van der Waals surface area contributed by atoms with Gasteiger partial charge in [0.15, 0.2) is 0 Å². The van der Waals surface area contributed by atoms with Gasteiger partial charge in [0.2, 0.25) is 5.91 Å². The van der Waals surface area contributed by atoms with Gasteiger partial charge in [-0.2, -0.15) is 0 Å². The Balaban J connectivity index is 0.00000264. The Morgan fingerprint density at radius 3 is 2.30 bits per heavy atom. The minimum absolute atomic E-state index is 0. The Labute approximate surface area is 147 Å². The second-order valence-corrected chi connectivity index (χ2v) is 7.03. The number of amides is 1. The van der Waals surface area contributed by atoms with E-state index >= 15 is 0 Å². The second-order valence-electron chi connectivity index (χ2n) is 7.03. The van der Waals surface area contributed by atoms with Gasteiger partial charge in [-0.15, -0.1) is 12.4 Å². The summed E-state index contributed by atoms with van der Waals surface area (Å²) in [6.45, 7) is 12.2. The van der Waals surface area contributed by atoms with E-state index in [1.807, 2.05) is 13.8 Å². The number of nitrogens with zero attached hydrogens (tertiary/aromatic N) is 1. The van der Waals surface area contributed by atoms with Gasteiger partial charge in [0.05, 0.1) is 5.41 Å². The topological polar surface area (TPSA) is 32.3 Å². The summed E-state index contributed by atoms with van der Waals surface area (Å²) >= 11 is 0. The summed E-state index contributed by atoms with van der Waals surface area (Å²) in [4.78, 5) is 15.0. The molecule has 0 aliphatic carbocycles. The van der Waals surface area contributed by atoms with Crippen molar-refractivity contribution in [3.8, 4) is 0 Å². The van der Waals surface area contributed by atoms with Gasteiger partial charge in [0, 0.05) is 13.1 Å². The van der Waals surface area contributed by atoms with Crippen molar-refractivity contribution in [2.75, 3.05) is 26.2 Å². The van der Waals surface area contributed by atoms with Crippen LogP contribution < -0.4 is 5.32 Å². The summed E-state index contributed by atoms with van der Waals surface area (Å²) in [7, 11) is 0. The lowest BCUT2D eigenvalue weighted by atomic mass is 9.82. The first kappa shape index (κ1) is 20.0. The summed E-state index contributed by atoms with van der Waals surface area (Å²) in [6, 6.07) is 8.36. The van der Waals surface area contributed by atoms with Crippen molar-refractivity contribution >= 4 is 18.3 Å². The Morgan fingerprint density at radius 2 is 1.78 bits per heavy atom. The number of aryl methyl sites for hydroxylation is 1. The number of carbonyl (C=O) groups is 1. The molecule has 0 saturated carbocycles. The van der Waals surface area contributed by atoms with Crippen LogP contribution in [-0.2, 0) is 10.2 Å². The predicted octanol–water partition coefficient (Wildman–Crippen LogP) is 3.54. The molecule has 1 saturated heterocycles. The largest absolute Gasteiger partial charge is 0.342 e. The third-order valence-electron chi connectivity index (χ3n) is 4.89. The molecule has 1 aromatic carbocycles. The van der Waals surface area contributed by atoms with Crippen molar-refractivity contribution in [1.29, 1.82) is 0 Å². The molecule has 0 radical (unpaired) electrons. The molecule has 130 valence electrons. The third kappa shape index (κ3) is 4.95. The van der Waals surface area contributed by atoms with Gasteiger partial charge in [0.1, 0.15) is 0 Å². The maximum Gasteiger partial charge on any atom is 0.232 e. The third-order valence-corrected chi connectivity index (χ3v) is 4.89. The normalized spacial score (nSPS) is 16.1. The molecule has 1 aliphatic rings. The fourth-order valence-corrected chi connectivity index (χ4v) is 3.18. The van der Waals surface area contributed by atoms with Gasteiger partial charge < -0.3 is 10.2 Å². The molecule has 1 amide bonds. The van der Waals surface area contributed by atoms with Crippen LogP contribution >= 0.6 is 12.4 Å². The molecule has 23 heavy (non-hydrogen) atoms. The highest BCUT2D eigenvalue weighted by Crippen LogP contribution is 2.28. The number of nitrogens with one attached hydrogen (secondary N) is 1. The molecule has 1 heterocycles. The van der Waals surface area contributed by atoms with Crippen LogP contribution in [0.15, 0.2) is 24.3 Å². The molecular weight excluding hydrogens is 308 g/mol. The monoisotopic (exact) mass is 338 g/mol. The summed E-state index contributed by atoms with van der Waals surface area (Å²) in [5, 5.41) is 3.42. The van der Waals surface area contributed by atoms with E-state index in [-0.39, 0.29) is 18.3 Å². The molecule has 1 aromatic rings. The molecule has 1 aliphatic heterocycles. The van der Waals surface area contributed by atoms with E-state index < -0.39 is 5.41 Å². The average molecular weight is 339 g/mol. The molecular formula is C19H31ClN2O. The Hall–Kier alpha value is -1.06. The molecule has 0 bridgehead atoms. The molecule has 1 fully saturated rings. The highest BCUT2D eigenvalue weighted by Gasteiger charge is 2.35. The first-order valence-electron chi connectivity index (χ1n) is 8.52. The minimum Gasteiger partial charge on any atom is -0.342 e. The fraction of sp³-hybridized carbons (Fsp3) is 0.632. The first-order valence-corrected chi connectivity index (χ1v) is 8.52. The lowest BCUT2D eigenvalue weighted by Crippen LogP contribution is -2.47. The van der Waals surface area contributed by atoms with E-state index in [1.54, 1.807) is 0 Å². The van der Waals surface area contributed by atoms with Crippen LogP contribution in [0.5, 0.6) is 0 Å². The van der Waals surface area contributed by atoms with E-state index in [4.69, 9.17) is 0 Å². The number of hydrogen-bond acceptors (Lipinski definition) is 2. The van der Waals surface area contributed by atoms with Gasteiger partial charge in [-0.3, -0.25) is 4.79 Å². The quantitative estimate of drug-likeness (QED) is 0.890. The maximum atomic E-state index is 12.9. The van der Waals surface area contributed by atoms with Crippen molar-refractivity contribution in [1.82, 2.24) is 10.2 Å². The van der Waals surface area contributed by atoms with Crippen LogP contribution in [-0.4, -0.2) is 37.0 Å². The van der Waals surface area contributed by atoms with E-state index in [9.17, 15) is 4.79 Å². The van der Waals surface area contributed by atoms with Gasteiger partial charge in [-0.05, 0) is 58.2 Å². The summed E-state index contributed by atoms with van der Waals surface area (Å²) in [5.41, 5.74) is 1.90. The number of piperidine rings is 1. The lowest BCUT2D eigenvalue weighted by Gasteiger charge is -2.37. The molecule has 0 atom stereocenters. The maximum absolute atomic E-state index is 12.9. The number of benzene rings is 1. The van der Waals surface area contributed by atoms with E-state index in [0.29, 0.717) is 5.92 Å². The van der Waals surface area contributed by atoms with Gasteiger partial charge in [-0.1, -0.05) is 36.8 Å². The van der Waals surface area contributed by atoms with E-state index in [1.165, 1.54) is 5.56 Å². The Bertz CT molecular complexity index is 491. The predicted molar refractivity (Wildman–Crippen MR) is 99.3 cm³/mol. The zero-order chi connectivity index (χ0) is 16.2. The summed E-state index contributed by atoms with van der Waals surface area (Å²) in [5.74, 6) is 0.977. The van der Waals surface area contributed by atoms with Gasteiger partial charge in [-0.25, -0.2) is 0 Å². The standard InChI is InChI=1S/C19H30N2O.ClH/c1-5-20-14-16-10-12-21(13-11-16)18(22)19(3,4)17-8-6-15(2)7-9-17;/h6-9,16,20H,5,10-14H2,1-4H3;1H. The van der Waals surface area contributed by atoms with Crippen molar-refractivity contribution in [3.05, 3.63) is 35.4 Å². The average Bonchev–Trinajstić information content (AvgIpc) is 2.53. The molecule has 0 spiro atoms. The highest BCUT2D eigenvalue weighted by atomic mass is 35.5. The zero-order valence-corrected chi connectivity index (χ0v) is 15.7. The second kappa shape index (κ2) is 8.70. The number of hydrogen-bond donors (Lipinski definition) is 1. The molecule has 2 rings (SSSR count). The van der Waals surface area contributed by atoms with Crippen molar-refractivity contribution in [2.45, 2.75) is 46.0 Å². The SMILES string of the molecule is CCNCC1CCN(C(=O)C(C)(C)c2ccc(C)cc2)CC1.Cl. The van der Waals surface area contributed by atoms with Gasteiger partial charge >= 0.3 is 0 Å². The van der Waals surface area contributed by atoms with Crippen LogP contribution in [0.25, 0.3) is 0 Å². The van der Waals surface area contributed by atoms with Gasteiger partial charge in [0.25, 0.3) is 0 Å². The number of likely N-dealkylation sites (tertiary alicyclic amines) is 1. The summed E-state index contributed by atoms with van der Waals surface area (Å²) < 4.78 is 0. The van der Waals surface area contributed by atoms with E-state index in [2.05, 4.69) is 48.3 Å². The van der Waals surface area contributed by atoms with Crippen molar-refractivity contribution < 1.29 is 4.79 Å². The minimum atomic E-state index is -0.442. The molecule has 0 aromatic heterocycles. The van der Waals surface area contributed by atoms with Crippen molar-refractivity contribution in [3.63, 3.8) is 0 Å². The lowest BCUT2D eigenvalue weighted by molar-refractivity contribution is -0.137. The summed E-state index contributed by atoms with van der Waals surface area (Å²) in [6.07, 6.45) is 2.23. The smallest absolute Gasteiger partial charge is 0.232 e.